The van der Waals surface area contributed by atoms with Gasteiger partial charge >= 0.3 is 16.1 Å². The van der Waals surface area contributed by atoms with Gasteiger partial charge in [-0.25, -0.2) is 4.79 Å². The average molecular weight is 511 g/mol. The van der Waals surface area contributed by atoms with Crippen LogP contribution in [0.2, 0.25) is 0 Å². The van der Waals surface area contributed by atoms with E-state index in [-0.39, 0.29) is 5.75 Å². The summed E-state index contributed by atoms with van der Waals surface area (Å²) in [7, 11) is -3.54. The van der Waals surface area contributed by atoms with Crippen molar-refractivity contribution in [2.45, 2.75) is 26.4 Å². The standard InChI is InChI=1S/C28H30O7S/c1-5-32-27(29)28(2,3)34-25-18-16-24(17-19-25)33-20-6-7-21-8-10-22(11-9-21)23-12-14-26(15-13-23)35-36(4,30)31/h6-19H,5,20H2,1-4H3/b7-6+. The second-order valence-electron chi connectivity index (χ2n) is 8.45. The van der Waals surface area contributed by atoms with Gasteiger partial charge in [-0.15, -0.1) is 0 Å². The third kappa shape index (κ3) is 8.16. The fraction of sp³-hybridized carbons (Fsp3) is 0.250. The van der Waals surface area contributed by atoms with Crippen LogP contribution in [0.15, 0.2) is 78.9 Å². The van der Waals surface area contributed by atoms with Crippen LogP contribution < -0.4 is 13.7 Å². The molecule has 7 nitrogen and oxygen atoms in total. The van der Waals surface area contributed by atoms with E-state index < -0.39 is 21.7 Å². The Bertz CT molecular complexity index is 1280. The number of carbonyl (C=O) groups is 1. The molecule has 0 amide bonds. The van der Waals surface area contributed by atoms with Crippen molar-refractivity contribution in [3.63, 3.8) is 0 Å². The Morgan fingerprint density at radius 1 is 0.833 bits per heavy atom. The Hall–Kier alpha value is -3.78. The molecule has 0 radical (unpaired) electrons. The molecular weight excluding hydrogens is 480 g/mol. The molecule has 0 aromatic heterocycles. The van der Waals surface area contributed by atoms with Crippen molar-refractivity contribution in [2.75, 3.05) is 19.5 Å². The second kappa shape index (κ2) is 11.8. The maximum absolute atomic E-state index is 12.0. The lowest BCUT2D eigenvalue weighted by Crippen LogP contribution is -2.39. The van der Waals surface area contributed by atoms with E-state index in [9.17, 15) is 13.2 Å². The Labute approximate surface area is 212 Å². The second-order valence-corrected chi connectivity index (χ2v) is 10.0. The van der Waals surface area contributed by atoms with E-state index in [1.807, 2.05) is 48.6 Å². The average Bonchev–Trinajstić information content (AvgIpc) is 2.83. The molecule has 8 heteroatoms. The molecule has 3 aromatic rings. The van der Waals surface area contributed by atoms with Gasteiger partial charge < -0.3 is 18.4 Å². The van der Waals surface area contributed by atoms with E-state index >= 15 is 0 Å². The van der Waals surface area contributed by atoms with Crippen LogP contribution in [0, 0.1) is 0 Å². The SMILES string of the molecule is CCOC(=O)C(C)(C)Oc1ccc(OC/C=C/c2ccc(-c3ccc(OS(C)(=O)=O)cc3)cc2)cc1. The van der Waals surface area contributed by atoms with E-state index in [1.54, 1.807) is 57.2 Å². The molecule has 0 spiro atoms. The lowest BCUT2D eigenvalue weighted by atomic mass is 10.0. The van der Waals surface area contributed by atoms with E-state index in [2.05, 4.69) is 0 Å². The fourth-order valence-electron chi connectivity index (χ4n) is 3.24. The van der Waals surface area contributed by atoms with E-state index in [0.29, 0.717) is 24.7 Å². The van der Waals surface area contributed by atoms with E-state index in [4.69, 9.17) is 18.4 Å². The van der Waals surface area contributed by atoms with Crippen LogP contribution in [0.1, 0.15) is 26.3 Å². The lowest BCUT2D eigenvalue weighted by Gasteiger charge is -2.24. The smallest absolute Gasteiger partial charge is 0.349 e. The van der Waals surface area contributed by atoms with Gasteiger partial charge in [0.1, 0.15) is 23.9 Å². The minimum atomic E-state index is -3.54. The van der Waals surface area contributed by atoms with Crippen LogP contribution in [0.5, 0.6) is 17.2 Å². The number of ether oxygens (including phenoxy) is 3. The van der Waals surface area contributed by atoms with Crippen molar-refractivity contribution < 1.29 is 31.6 Å². The minimum Gasteiger partial charge on any atom is -0.490 e. The number of hydrogen-bond donors (Lipinski definition) is 0. The first-order valence-electron chi connectivity index (χ1n) is 11.4. The van der Waals surface area contributed by atoms with Gasteiger partial charge in [0.25, 0.3) is 0 Å². The molecule has 0 aliphatic rings. The first-order chi connectivity index (χ1) is 17.1. The van der Waals surface area contributed by atoms with Gasteiger partial charge in [0.05, 0.1) is 12.9 Å². The molecule has 0 saturated carbocycles. The Balaban J connectivity index is 1.50. The summed E-state index contributed by atoms with van der Waals surface area (Å²) in [5.74, 6) is 1.09. The largest absolute Gasteiger partial charge is 0.490 e. The molecule has 0 N–H and O–H groups in total. The summed E-state index contributed by atoms with van der Waals surface area (Å²) in [5.41, 5.74) is 1.90. The number of hydrogen-bond acceptors (Lipinski definition) is 7. The predicted octanol–water partition coefficient (Wildman–Crippen LogP) is 5.50. The summed E-state index contributed by atoms with van der Waals surface area (Å²) in [6.45, 7) is 5.78. The molecule has 0 aliphatic carbocycles. The molecule has 190 valence electrons. The van der Waals surface area contributed by atoms with Crippen molar-refractivity contribution in [3.05, 3.63) is 84.4 Å². The van der Waals surface area contributed by atoms with Crippen LogP contribution in [0.4, 0.5) is 0 Å². The minimum absolute atomic E-state index is 0.281. The first-order valence-corrected chi connectivity index (χ1v) is 13.2. The number of rotatable bonds is 11. The molecule has 0 heterocycles. The van der Waals surface area contributed by atoms with Crippen LogP contribution >= 0.6 is 0 Å². The summed E-state index contributed by atoms with van der Waals surface area (Å²) in [4.78, 5) is 12.0. The molecule has 36 heavy (non-hydrogen) atoms. The number of benzene rings is 3. The van der Waals surface area contributed by atoms with Gasteiger partial charge in [-0.1, -0.05) is 42.5 Å². The third-order valence-corrected chi connectivity index (χ3v) is 5.46. The summed E-state index contributed by atoms with van der Waals surface area (Å²) in [6.07, 6.45) is 4.90. The zero-order valence-electron chi connectivity index (χ0n) is 20.8. The van der Waals surface area contributed by atoms with Crippen LogP contribution in [-0.4, -0.2) is 39.5 Å². The molecule has 0 saturated heterocycles. The number of esters is 1. The quantitative estimate of drug-likeness (QED) is 0.248. The predicted molar refractivity (Wildman–Crippen MR) is 140 cm³/mol. The molecule has 3 rings (SSSR count). The molecule has 0 bridgehead atoms. The summed E-state index contributed by atoms with van der Waals surface area (Å²) < 4.78 is 43.8. The number of carbonyl (C=O) groups excluding carboxylic acids is 1. The molecule has 0 aliphatic heterocycles. The topological polar surface area (TPSA) is 88.1 Å². The van der Waals surface area contributed by atoms with Gasteiger partial charge in [-0.3, -0.25) is 0 Å². The van der Waals surface area contributed by atoms with Crippen LogP contribution in [0.25, 0.3) is 17.2 Å². The van der Waals surface area contributed by atoms with Crippen LogP contribution in [-0.2, 0) is 19.6 Å². The maximum Gasteiger partial charge on any atom is 0.349 e. The Morgan fingerprint density at radius 3 is 1.92 bits per heavy atom. The van der Waals surface area contributed by atoms with E-state index in [1.165, 1.54) is 0 Å². The highest BCUT2D eigenvalue weighted by molar-refractivity contribution is 7.86. The summed E-state index contributed by atoms with van der Waals surface area (Å²) in [6, 6.07) is 21.9. The summed E-state index contributed by atoms with van der Waals surface area (Å²) >= 11 is 0. The molecule has 0 atom stereocenters. The van der Waals surface area contributed by atoms with Gasteiger partial charge in [-0.2, -0.15) is 8.42 Å². The third-order valence-electron chi connectivity index (χ3n) is 4.97. The summed E-state index contributed by atoms with van der Waals surface area (Å²) in [5, 5.41) is 0. The zero-order valence-corrected chi connectivity index (χ0v) is 21.6. The highest BCUT2D eigenvalue weighted by atomic mass is 32.2. The van der Waals surface area contributed by atoms with Crippen molar-refractivity contribution in [1.29, 1.82) is 0 Å². The van der Waals surface area contributed by atoms with E-state index in [0.717, 1.165) is 22.9 Å². The van der Waals surface area contributed by atoms with Crippen molar-refractivity contribution in [2.24, 2.45) is 0 Å². The first kappa shape index (κ1) is 26.8. The normalized spacial score (nSPS) is 11.8. The highest BCUT2D eigenvalue weighted by Crippen LogP contribution is 2.25. The Kier molecular flexibility index (Phi) is 8.77. The molecule has 3 aromatic carbocycles. The van der Waals surface area contributed by atoms with Crippen molar-refractivity contribution >= 4 is 22.2 Å². The van der Waals surface area contributed by atoms with Crippen molar-refractivity contribution in [1.82, 2.24) is 0 Å². The molecule has 0 unspecified atom stereocenters. The monoisotopic (exact) mass is 510 g/mol. The van der Waals surface area contributed by atoms with Crippen LogP contribution in [0.3, 0.4) is 0 Å². The van der Waals surface area contributed by atoms with Gasteiger partial charge in [0.2, 0.25) is 0 Å². The van der Waals surface area contributed by atoms with Crippen molar-refractivity contribution in [3.8, 4) is 28.4 Å². The molecule has 0 fully saturated rings. The lowest BCUT2D eigenvalue weighted by molar-refractivity contribution is -0.158. The molecular formula is C28H30O7S. The van der Waals surface area contributed by atoms with Gasteiger partial charge in [0.15, 0.2) is 5.60 Å². The Morgan fingerprint density at radius 2 is 1.36 bits per heavy atom. The van der Waals surface area contributed by atoms with Gasteiger partial charge in [0, 0.05) is 0 Å². The zero-order chi connectivity index (χ0) is 26.2. The van der Waals surface area contributed by atoms with Gasteiger partial charge in [-0.05, 0) is 79.9 Å². The fourth-order valence-corrected chi connectivity index (χ4v) is 3.70. The highest BCUT2D eigenvalue weighted by Gasteiger charge is 2.31. The maximum atomic E-state index is 12.0.